The van der Waals surface area contributed by atoms with Crippen LogP contribution in [0.1, 0.15) is 32.8 Å². The van der Waals surface area contributed by atoms with Crippen LogP contribution in [0.3, 0.4) is 0 Å². The molecule has 1 unspecified atom stereocenters. The Kier molecular flexibility index (Phi) is 5.00. The molecular formula is C23H25FN6O7. The minimum atomic E-state index is -1.87. The summed E-state index contributed by atoms with van der Waals surface area (Å²) in [6.07, 6.45) is -1.85. The van der Waals surface area contributed by atoms with E-state index in [1.54, 1.807) is 19.9 Å². The number of morpholine rings is 1. The SMILES string of the molecule is CC[C@H]1CN(c2noc3c(F)c4c(cc23)CC2(CNC(=O)NC2=O)[C@@]2(N=O)[C@H](C)O[C@H](C)CN42)C(=O)O1. The van der Waals surface area contributed by atoms with Gasteiger partial charge in [-0.25, -0.2) is 14.0 Å². The van der Waals surface area contributed by atoms with E-state index in [-0.39, 0.29) is 54.6 Å². The molecule has 2 N–H and O–H groups in total. The van der Waals surface area contributed by atoms with Crippen LogP contribution in [0, 0.1) is 16.1 Å². The Hall–Kier alpha value is -3.81. The minimum absolute atomic E-state index is 0.0440. The van der Waals surface area contributed by atoms with Gasteiger partial charge in [-0.05, 0) is 43.5 Å². The third-order valence-electron chi connectivity index (χ3n) is 8.00. The number of carbonyl (C=O) groups is 3. The number of anilines is 2. The number of aromatic nitrogens is 1. The van der Waals surface area contributed by atoms with Crippen LogP contribution in [0.2, 0.25) is 0 Å². The van der Waals surface area contributed by atoms with Crippen molar-refractivity contribution in [1.29, 1.82) is 0 Å². The quantitative estimate of drug-likeness (QED) is 0.584. The number of halogens is 1. The van der Waals surface area contributed by atoms with E-state index in [1.165, 1.54) is 9.80 Å². The molecule has 6 rings (SSSR count). The molecule has 4 aliphatic heterocycles. The number of carbonyl (C=O) groups excluding carboxylic acids is 3. The van der Waals surface area contributed by atoms with Crippen molar-refractivity contribution >= 4 is 40.5 Å². The Morgan fingerprint density at radius 2 is 2.05 bits per heavy atom. The third kappa shape index (κ3) is 2.92. The van der Waals surface area contributed by atoms with Gasteiger partial charge in [0.1, 0.15) is 17.6 Å². The first-order valence-corrected chi connectivity index (χ1v) is 12.1. The van der Waals surface area contributed by atoms with Gasteiger partial charge in [0.2, 0.25) is 17.2 Å². The van der Waals surface area contributed by atoms with Crippen LogP contribution < -0.4 is 20.4 Å². The molecule has 1 spiro atoms. The van der Waals surface area contributed by atoms with Crippen molar-refractivity contribution in [1.82, 2.24) is 15.8 Å². The van der Waals surface area contributed by atoms with Crippen LogP contribution in [0.15, 0.2) is 15.8 Å². The molecule has 3 saturated heterocycles. The summed E-state index contributed by atoms with van der Waals surface area (Å²) in [7, 11) is 0. The molecule has 0 saturated carbocycles. The fourth-order valence-electron chi connectivity index (χ4n) is 6.29. The molecule has 0 aliphatic carbocycles. The van der Waals surface area contributed by atoms with Gasteiger partial charge in [0.05, 0.1) is 23.7 Å². The monoisotopic (exact) mass is 516 g/mol. The van der Waals surface area contributed by atoms with E-state index < -0.39 is 47.1 Å². The van der Waals surface area contributed by atoms with Gasteiger partial charge in [-0.15, -0.1) is 4.91 Å². The zero-order valence-electron chi connectivity index (χ0n) is 20.4. The molecule has 2 aromatic rings. The molecule has 14 heteroatoms. The van der Waals surface area contributed by atoms with Gasteiger partial charge in [-0.2, -0.15) is 0 Å². The maximum Gasteiger partial charge on any atom is 0.416 e. The van der Waals surface area contributed by atoms with E-state index in [1.807, 2.05) is 6.92 Å². The summed E-state index contributed by atoms with van der Waals surface area (Å²) in [4.78, 5) is 53.4. The Labute approximate surface area is 209 Å². The summed E-state index contributed by atoms with van der Waals surface area (Å²) in [5.41, 5.74) is -3.25. The largest absolute Gasteiger partial charge is 0.444 e. The highest BCUT2D eigenvalue weighted by Gasteiger charge is 2.70. The lowest BCUT2D eigenvalue weighted by Crippen LogP contribution is -2.79. The second kappa shape index (κ2) is 7.84. The molecule has 0 radical (unpaired) electrons. The number of nitroso groups, excluding NO2 is 1. The summed E-state index contributed by atoms with van der Waals surface area (Å²) in [5, 5.41) is 12.5. The number of urea groups is 1. The normalized spacial score (nSPS) is 33.2. The highest BCUT2D eigenvalue weighted by Crippen LogP contribution is 2.55. The highest BCUT2D eigenvalue weighted by molar-refractivity contribution is 6.04. The zero-order valence-corrected chi connectivity index (χ0v) is 20.4. The lowest BCUT2D eigenvalue weighted by Gasteiger charge is -2.60. The highest BCUT2D eigenvalue weighted by atomic mass is 19.1. The van der Waals surface area contributed by atoms with Crippen LogP contribution >= 0.6 is 0 Å². The van der Waals surface area contributed by atoms with E-state index in [4.69, 9.17) is 14.0 Å². The lowest BCUT2D eigenvalue weighted by atomic mass is 9.63. The first kappa shape index (κ1) is 23.6. The lowest BCUT2D eigenvalue weighted by molar-refractivity contribution is -0.152. The van der Waals surface area contributed by atoms with E-state index in [0.29, 0.717) is 12.0 Å². The first-order valence-electron chi connectivity index (χ1n) is 12.1. The van der Waals surface area contributed by atoms with E-state index >= 15 is 4.39 Å². The number of ether oxygens (including phenoxy) is 2. The van der Waals surface area contributed by atoms with Gasteiger partial charge in [-0.1, -0.05) is 12.1 Å². The fourth-order valence-corrected chi connectivity index (χ4v) is 6.29. The molecule has 4 aliphatic rings. The van der Waals surface area contributed by atoms with Crippen molar-refractivity contribution in [2.24, 2.45) is 10.6 Å². The minimum Gasteiger partial charge on any atom is -0.444 e. The second-order valence-electron chi connectivity index (χ2n) is 10.0. The maximum absolute atomic E-state index is 16.3. The average Bonchev–Trinajstić information content (AvgIpc) is 3.44. The van der Waals surface area contributed by atoms with Gasteiger partial charge in [0, 0.05) is 13.1 Å². The number of fused-ring (bicyclic) bond motifs is 5. The van der Waals surface area contributed by atoms with E-state index in [2.05, 4.69) is 21.0 Å². The van der Waals surface area contributed by atoms with Crippen LogP contribution in [-0.4, -0.2) is 66.8 Å². The van der Waals surface area contributed by atoms with Gasteiger partial charge < -0.3 is 24.2 Å². The molecule has 1 aromatic carbocycles. The summed E-state index contributed by atoms with van der Waals surface area (Å²) >= 11 is 0. The molecular weight excluding hydrogens is 491 g/mol. The number of amides is 4. The Bertz CT molecular complexity index is 1360. The number of rotatable bonds is 3. The Morgan fingerprint density at radius 1 is 1.27 bits per heavy atom. The molecule has 5 atom stereocenters. The molecule has 4 amide bonds. The number of benzene rings is 1. The van der Waals surface area contributed by atoms with Crippen LogP contribution in [0.5, 0.6) is 0 Å². The van der Waals surface area contributed by atoms with Crippen molar-refractivity contribution < 1.29 is 32.8 Å². The zero-order chi connectivity index (χ0) is 26.3. The summed E-state index contributed by atoms with van der Waals surface area (Å²) in [5.74, 6) is -1.41. The topological polar surface area (TPSA) is 156 Å². The average molecular weight is 516 g/mol. The first-order chi connectivity index (χ1) is 17.7. The fraction of sp³-hybridized carbons (Fsp3) is 0.565. The number of cyclic esters (lactones) is 1. The Morgan fingerprint density at radius 3 is 2.73 bits per heavy atom. The molecule has 5 heterocycles. The number of nitrogens with one attached hydrogen (secondary N) is 2. The number of hydrogen-bond donors (Lipinski definition) is 2. The predicted molar refractivity (Wildman–Crippen MR) is 125 cm³/mol. The molecule has 1 aromatic heterocycles. The summed E-state index contributed by atoms with van der Waals surface area (Å²) in [6, 6.07) is 0.907. The predicted octanol–water partition coefficient (Wildman–Crippen LogP) is 2.16. The van der Waals surface area contributed by atoms with Gasteiger partial charge in [0.15, 0.2) is 11.6 Å². The van der Waals surface area contributed by atoms with Crippen LogP contribution in [-0.2, 0) is 20.7 Å². The Balaban J connectivity index is 1.58. The molecule has 196 valence electrons. The number of nitrogens with zero attached hydrogens (tertiary/aromatic N) is 4. The molecule has 13 nitrogen and oxygen atoms in total. The molecule has 3 fully saturated rings. The standard InChI is InChI=1S/C23H25FN6O7/c1-4-13-8-29(21(33)36-13)18-14-5-12-6-22(9-25-20(32)26-19(22)31)23(28-34)11(3)35-10(2)7-30(23)16(12)15(24)17(14)37-27-18/h5,10-11,13H,4,6-9H2,1-3H3,(H2,25,26,31,32)/t10-,11+,13+,22?,23-/m1/s1. The molecule has 37 heavy (non-hydrogen) atoms. The van der Waals surface area contributed by atoms with E-state index in [9.17, 15) is 19.3 Å². The van der Waals surface area contributed by atoms with Crippen molar-refractivity contribution in [2.45, 2.75) is 57.6 Å². The second-order valence-corrected chi connectivity index (χ2v) is 10.0. The van der Waals surface area contributed by atoms with Gasteiger partial charge in [-0.3, -0.25) is 15.0 Å². The number of imide groups is 1. The van der Waals surface area contributed by atoms with Crippen molar-refractivity contribution in [3.05, 3.63) is 22.4 Å². The van der Waals surface area contributed by atoms with Crippen molar-refractivity contribution in [2.75, 3.05) is 29.4 Å². The third-order valence-corrected chi connectivity index (χ3v) is 8.00. The summed E-state index contributed by atoms with van der Waals surface area (Å²) < 4.78 is 32.9. The van der Waals surface area contributed by atoms with Crippen LogP contribution in [0.4, 0.5) is 25.5 Å². The molecule has 0 bridgehead atoms. The summed E-state index contributed by atoms with van der Waals surface area (Å²) in [6.45, 7) is 5.31. The van der Waals surface area contributed by atoms with Crippen molar-refractivity contribution in [3.63, 3.8) is 0 Å². The maximum atomic E-state index is 16.3. The van der Waals surface area contributed by atoms with Crippen molar-refractivity contribution in [3.8, 4) is 0 Å². The van der Waals surface area contributed by atoms with Gasteiger partial charge >= 0.3 is 12.1 Å². The van der Waals surface area contributed by atoms with Gasteiger partial charge in [0.25, 0.3) is 0 Å². The van der Waals surface area contributed by atoms with E-state index in [0.717, 1.165) is 0 Å². The van der Waals surface area contributed by atoms with Crippen LogP contribution in [0.25, 0.3) is 11.0 Å². The smallest absolute Gasteiger partial charge is 0.416 e. The number of hydrogen-bond acceptors (Lipinski definition) is 10.